The van der Waals surface area contributed by atoms with E-state index in [-0.39, 0.29) is 5.97 Å². The highest BCUT2D eigenvalue weighted by molar-refractivity contribution is 5.82. The van der Waals surface area contributed by atoms with E-state index < -0.39 is 0 Å². The van der Waals surface area contributed by atoms with Crippen molar-refractivity contribution in [2.75, 3.05) is 6.61 Å². The molecule has 2 heteroatoms. The third-order valence-electron chi connectivity index (χ3n) is 6.90. The minimum atomic E-state index is -0.233. The van der Waals surface area contributed by atoms with E-state index >= 15 is 0 Å². The Morgan fingerprint density at radius 2 is 0.744 bits per heavy atom. The van der Waals surface area contributed by atoms with Crippen molar-refractivity contribution < 1.29 is 9.53 Å². The predicted octanol–water partition coefficient (Wildman–Crippen LogP) is 11.9. The second kappa shape index (κ2) is 23.5. The van der Waals surface area contributed by atoms with Crippen molar-refractivity contribution in [2.45, 2.75) is 139 Å². The zero-order valence-electron chi connectivity index (χ0n) is 27.1. The minimum Gasteiger partial charge on any atom is -0.463 e. The Morgan fingerprint density at radius 3 is 1.03 bits per heavy atom. The topological polar surface area (TPSA) is 26.3 Å². The second-order valence-electron chi connectivity index (χ2n) is 11.5. The van der Waals surface area contributed by atoms with Crippen molar-refractivity contribution in [3.05, 3.63) is 81.5 Å². The van der Waals surface area contributed by atoms with Gasteiger partial charge in [0, 0.05) is 6.08 Å². The number of hydrogen-bond donors (Lipinski definition) is 0. The smallest absolute Gasteiger partial charge is 0.330 e. The third kappa shape index (κ3) is 24.4. The van der Waals surface area contributed by atoms with Gasteiger partial charge in [-0.2, -0.15) is 0 Å². The number of allylic oxidation sites excluding steroid dienone is 13. The summed E-state index contributed by atoms with van der Waals surface area (Å²) in [6.45, 7) is 19.9. The monoisotopic (exact) mass is 536 g/mol. The van der Waals surface area contributed by atoms with Crippen LogP contribution in [0.1, 0.15) is 139 Å². The molecule has 0 aliphatic rings. The average Bonchev–Trinajstić information content (AvgIpc) is 2.84. The Balaban J connectivity index is 4.20. The average molecular weight is 537 g/mol. The Bertz CT molecular complexity index is 911. The summed E-state index contributed by atoms with van der Waals surface area (Å²) < 4.78 is 4.97. The summed E-state index contributed by atoms with van der Waals surface area (Å²) in [5.41, 5.74) is 9.94. The maximum absolute atomic E-state index is 11.5. The van der Waals surface area contributed by atoms with Crippen molar-refractivity contribution >= 4 is 5.97 Å². The van der Waals surface area contributed by atoms with E-state index in [1.54, 1.807) is 6.08 Å². The van der Waals surface area contributed by atoms with Crippen molar-refractivity contribution in [2.24, 2.45) is 0 Å². The second-order valence-corrected chi connectivity index (χ2v) is 11.5. The van der Waals surface area contributed by atoms with Crippen LogP contribution in [0.2, 0.25) is 0 Å². The Hall–Kier alpha value is -2.35. The van der Waals surface area contributed by atoms with E-state index in [0.29, 0.717) is 6.61 Å². The van der Waals surface area contributed by atoms with Crippen molar-refractivity contribution in [1.82, 2.24) is 0 Å². The molecule has 220 valence electrons. The van der Waals surface area contributed by atoms with Crippen LogP contribution in [0.4, 0.5) is 0 Å². The van der Waals surface area contributed by atoms with Crippen LogP contribution >= 0.6 is 0 Å². The molecule has 0 heterocycles. The Morgan fingerprint density at radius 1 is 0.462 bits per heavy atom. The first-order valence-corrected chi connectivity index (χ1v) is 15.3. The molecular formula is C37H60O2. The normalized spacial score (nSPS) is 14.1. The molecule has 0 fully saturated rings. The molecule has 0 aliphatic carbocycles. The molecule has 0 atom stereocenters. The van der Waals surface area contributed by atoms with E-state index in [4.69, 9.17) is 4.74 Å². The summed E-state index contributed by atoms with van der Waals surface area (Å²) in [7, 11) is 0. The zero-order chi connectivity index (χ0) is 29.5. The molecular weight excluding hydrogens is 476 g/mol. The standard InChI is InChI=1S/C37H60O2/c1-10-39-37(38)29-36(9)28-16-27-35(8)26-15-25-34(7)24-14-23-33(6)22-13-21-32(5)20-12-19-31(4)18-11-17-30(2)3/h17,19,21,23,25,27,29H,10-16,18,20,22,24,26,28H2,1-9H3. The van der Waals surface area contributed by atoms with Crippen LogP contribution < -0.4 is 0 Å². The van der Waals surface area contributed by atoms with Gasteiger partial charge in [-0.15, -0.1) is 0 Å². The quantitative estimate of drug-likeness (QED) is 0.0878. The molecule has 0 aromatic carbocycles. The largest absolute Gasteiger partial charge is 0.463 e. The van der Waals surface area contributed by atoms with Crippen LogP contribution in [0.15, 0.2) is 81.5 Å². The fraction of sp³-hybridized carbons (Fsp3) is 0.595. The minimum absolute atomic E-state index is 0.233. The molecule has 0 unspecified atom stereocenters. The maximum atomic E-state index is 11.5. The Labute approximate surface area is 242 Å². The molecule has 0 N–H and O–H groups in total. The molecule has 0 bridgehead atoms. The summed E-state index contributed by atoms with van der Waals surface area (Å²) in [5, 5.41) is 0. The number of carbonyl (C=O) groups is 1. The van der Waals surface area contributed by atoms with Gasteiger partial charge in [0.15, 0.2) is 0 Å². The molecule has 0 radical (unpaired) electrons. The van der Waals surface area contributed by atoms with Crippen molar-refractivity contribution in [3.8, 4) is 0 Å². The summed E-state index contributed by atoms with van der Waals surface area (Å²) >= 11 is 0. The molecule has 39 heavy (non-hydrogen) atoms. The zero-order valence-corrected chi connectivity index (χ0v) is 27.1. The maximum Gasteiger partial charge on any atom is 0.330 e. The highest BCUT2D eigenvalue weighted by Crippen LogP contribution is 2.16. The Kier molecular flexibility index (Phi) is 22.1. The van der Waals surface area contributed by atoms with Gasteiger partial charge in [0.2, 0.25) is 0 Å². The number of esters is 1. The van der Waals surface area contributed by atoms with Crippen molar-refractivity contribution in [3.63, 3.8) is 0 Å². The fourth-order valence-corrected chi connectivity index (χ4v) is 4.29. The lowest BCUT2D eigenvalue weighted by molar-refractivity contribution is -0.137. The number of rotatable bonds is 20. The molecule has 0 saturated heterocycles. The van der Waals surface area contributed by atoms with Crippen LogP contribution in [0.25, 0.3) is 0 Å². The van der Waals surface area contributed by atoms with Crippen LogP contribution in [-0.2, 0) is 9.53 Å². The van der Waals surface area contributed by atoms with Crippen LogP contribution in [0.5, 0.6) is 0 Å². The van der Waals surface area contributed by atoms with Gasteiger partial charge in [-0.3, -0.25) is 0 Å². The van der Waals surface area contributed by atoms with Gasteiger partial charge < -0.3 is 4.74 Å². The van der Waals surface area contributed by atoms with E-state index in [2.05, 4.69) is 84.9 Å². The first-order valence-electron chi connectivity index (χ1n) is 15.3. The molecule has 0 aromatic heterocycles. The lowest BCUT2D eigenvalue weighted by Gasteiger charge is -2.04. The summed E-state index contributed by atoms with van der Waals surface area (Å²) in [6.07, 6.45) is 29.3. The lowest BCUT2D eigenvalue weighted by atomic mass is 10.0. The summed E-state index contributed by atoms with van der Waals surface area (Å²) in [6, 6.07) is 0. The number of carbonyl (C=O) groups excluding carboxylic acids is 1. The first kappa shape index (κ1) is 36.6. The van der Waals surface area contributed by atoms with Gasteiger partial charge >= 0.3 is 5.97 Å². The van der Waals surface area contributed by atoms with E-state index in [0.717, 1.165) is 69.8 Å². The fourth-order valence-electron chi connectivity index (χ4n) is 4.29. The number of ether oxygens (including phenoxy) is 1. The summed E-state index contributed by atoms with van der Waals surface area (Å²) in [4.78, 5) is 11.5. The molecule has 2 nitrogen and oxygen atoms in total. The first-order chi connectivity index (χ1) is 18.5. The molecule has 0 saturated carbocycles. The SMILES string of the molecule is CCOC(=O)C=C(C)CCC=C(C)CCC=C(C)CCC=C(C)CCC=C(C)CCC=C(C)CCC=C(C)C. The van der Waals surface area contributed by atoms with E-state index in [1.807, 2.05) is 13.8 Å². The molecule has 0 spiro atoms. The van der Waals surface area contributed by atoms with Crippen LogP contribution in [0.3, 0.4) is 0 Å². The molecule has 0 rings (SSSR count). The van der Waals surface area contributed by atoms with Gasteiger partial charge in [-0.25, -0.2) is 4.79 Å². The molecule has 0 aromatic rings. The van der Waals surface area contributed by atoms with Gasteiger partial charge in [-0.05, 0) is 139 Å². The van der Waals surface area contributed by atoms with Gasteiger partial charge in [0.05, 0.1) is 6.61 Å². The summed E-state index contributed by atoms with van der Waals surface area (Å²) in [5.74, 6) is -0.233. The van der Waals surface area contributed by atoms with Gasteiger partial charge in [-0.1, -0.05) is 75.5 Å². The van der Waals surface area contributed by atoms with Crippen LogP contribution in [0, 0.1) is 0 Å². The van der Waals surface area contributed by atoms with E-state index in [9.17, 15) is 4.79 Å². The van der Waals surface area contributed by atoms with Gasteiger partial charge in [0.25, 0.3) is 0 Å². The third-order valence-corrected chi connectivity index (χ3v) is 6.90. The lowest BCUT2D eigenvalue weighted by Crippen LogP contribution is -2.00. The highest BCUT2D eigenvalue weighted by atomic mass is 16.5. The highest BCUT2D eigenvalue weighted by Gasteiger charge is 1.98. The number of hydrogen-bond acceptors (Lipinski definition) is 2. The van der Waals surface area contributed by atoms with Gasteiger partial charge in [0.1, 0.15) is 0 Å². The van der Waals surface area contributed by atoms with Crippen molar-refractivity contribution in [1.29, 1.82) is 0 Å². The molecule has 0 amide bonds. The predicted molar refractivity (Wildman–Crippen MR) is 174 cm³/mol. The van der Waals surface area contributed by atoms with Crippen LogP contribution in [-0.4, -0.2) is 12.6 Å². The van der Waals surface area contributed by atoms with E-state index in [1.165, 1.54) is 46.3 Å². The molecule has 0 aliphatic heterocycles.